The van der Waals surface area contributed by atoms with Crippen LogP contribution in [0.2, 0.25) is 0 Å². The second kappa shape index (κ2) is 6.17. The minimum Gasteiger partial charge on any atom is -0.303 e. The zero-order chi connectivity index (χ0) is 15.5. The molecule has 0 saturated heterocycles. The van der Waals surface area contributed by atoms with Crippen molar-refractivity contribution in [1.29, 1.82) is 5.26 Å². The van der Waals surface area contributed by atoms with Crippen LogP contribution in [0.15, 0.2) is 60.2 Å². The Balaban J connectivity index is 2.09. The van der Waals surface area contributed by atoms with Crippen molar-refractivity contribution in [3.8, 4) is 6.07 Å². The van der Waals surface area contributed by atoms with E-state index in [1.165, 1.54) is 0 Å². The molecule has 3 rings (SSSR count). The van der Waals surface area contributed by atoms with E-state index in [1.807, 2.05) is 54.6 Å². The predicted octanol–water partition coefficient (Wildman–Crippen LogP) is 3.91. The van der Waals surface area contributed by atoms with Crippen LogP contribution < -0.4 is 4.90 Å². The van der Waals surface area contributed by atoms with E-state index in [1.54, 1.807) is 4.90 Å². The van der Waals surface area contributed by atoms with Crippen molar-refractivity contribution in [3.63, 3.8) is 0 Å². The van der Waals surface area contributed by atoms with Crippen LogP contribution in [0.4, 0.5) is 5.69 Å². The quantitative estimate of drug-likeness (QED) is 0.477. The minimum absolute atomic E-state index is 0.110. The van der Waals surface area contributed by atoms with Gasteiger partial charge in [-0.25, -0.2) is 0 Å². The van der Waals surface area contributed by atoms with Crippen LogP contribution in [0.25, 0.3) is 5.57 Å². The molecular weight excluding hydrogens is 340 g/mol. The molecule has 1 amide bonds. The number of nitriles is 1. The van der Waals surface area contributed by atoms with Gasteiger partial charge in [-0.05, 0) is 11.6 Å². The Hall–Kier alpha value is -2.38. The number of carbonyl (C=O) groups excluding carboxylic acids is 1. The fourth-order valence-electron chi connectivity index (χ4n) is 2.65. The predicted molar refractivity (Wildman–Crippen MR) is 90.4 cm³/mol. The summed E-state index contributed by atoms with van der Waals surface area (Å²) in [6.45, 7) is 0.501. The van der Waals surface area contributed by atoms with Gasteiger partial charge >= 0.3 is 0 Å². The molecule has 1 heterocycles. The number of allylic oxidation sites excluding steroid dienone is 1. The summed E-state index contributed by atoms with van der Waals surface area (Å²) in [5.74, 6) is -0.110. The summed E-state index contributed by atoms with van der Waals surface area (Å²) in [6.07, 6.45) is 0. The molecule has 0 bridgehead atoms. The SMILES string of the molecule is N#C/C(CBr)=C1/C(=O)N(Cc2ccccc2)c2ccccc21. The topological polar surface area (TPSA) is 44.1 Å². The summed E-state index contributed by atoms with van der Waals surface area (Å²) in [6, 6.07) is 19.6. The number of anilines is 1. The number of carbonyl (C=O) groups is 1. The minimum atomic E-state index is -0.110. The van der Waals surface area contributed by atoms with Gasteiger partial charge in [0, 0.05) is 10.9 Å². The maximum absolute atomic E-state index is 12.8. The maximum atomic E-state index is 12.8. The molecule has 0 N–H and O–H groups in total. The number of hydrogen-bond donors (Lipinski definition) is 0. The number of hydrogen-bond acceptors (Lipinski definition) is 2. The van der Waals surface area contributed by atoms with E-state index in [-0.39, 0.29) is 5.91 Å². The van der Waals surface area contributed by atoms with Crippen molar-refractivity contribution < 1.29 is 4.79 Å². The molecule has 0 radical (unpaired) electrons. The van der Waals surface area contributed by atoms with Crippen LogP contribution in [0.1, 0.15) is 11.1 Å². The second-order valence-electron chi connectivity index (χ2n) is 4.99. The first kappa shape index (κ1) is 14.6. The normalized spacial score (nSPS) is 15.5. The summed E-state index contributed by atoms with van der Waals surface area (Å²) >= 11 is 3.30. The molecular formula is C18H13BrN2O. The lowest BCUT2D eigenvalue weighted by Gasteiger charge is -2.17. The van der Waals surface area contributed by atoms with Gasteiger partial charge in [0.05, 0.1) is 29.4 Å². The zero-order valence-corrected chi connectivity index (χ0v) is 13.4. The largest absolute Gasteiger partial charge is 0.303 e. The Labute approximate surface area is 137 Å². The number of fused-ring (bicyclic) bond motifs is 1. The first-order valence-electron chi connectivity index (χ1n) is 6.90. The van der Waals surface area contributed by atoms with Gasteiger partial charge in [0.25, 0.3) is 5.91 Å². The number of amides is 1. The maximum Gasteiger partial charge on any atom is 0.260 e. The lowest BCUT2D eigenvalue weighted by Crippen LogP contribution is -2.26. The highest BCUT2D eigenvalue weighted by Crippen LogP contribution is 2.39. The molecule has 0 fully saturated rings. The van der Waals surface area contributed by atoms with Gasteiger partial charge in [0.2, 0.25) is 0 Å². The van der Waals surface area contributed by atoms with E-state index in [0.29, 0.717) is 23.0 Å². The lowest BCUT2D eigenvalue weighted by molar-refractivity contribution is -0.113. The summed E-state index contributed by atoms with van der Waals surface area (Å²) in [5, 5.41) is 9.67. The zero-order valence-electron chi connectivity index (χ0n) is 11.8. The van der Waals surface area contributed by atoms with Crippen molar-refractivity contribution >= 4 is 33.1 Å². The van der Waals surface area contributed by atoms with Gasteiger partial charge in [0.1, 0.15) is 0 Å². The van der Waals surface area contributed by atoms with Crippen LogP contribution in [0.3, 0.4) is 0 Å². The summed E-state index contributed by atoms with van der Waals surface area (Å²) in [4.78, 5) is 14.6. The number of nitrogens with zero attached hydrogens (tertiary/aromatic N) is 2. The number of para-hydroxylation sites is 1. The Morgan fingerprint density at radius 1 is 1.09 bits per heavy atom. The van der Waals surface area contributed by atoms with Gasteiger partial charge in [-0.1, -0.05) is 64.5 Å². The molecule has 2 aromatic carbocycles. The average molecular weight is 353 g/mol. The Kier molecular flexibility index (Phi) is 4.08. The molecule has 108 valence electrons. The van der Waals surface area contributed by atoms with Crippen molar-refractivity contribution in [1.82, 2.24) is 0 Å². The van der Waals surface area contributed by atoms with E-state index >= 15 is 0 Å². The van der Waals surface area contributed by atoms with Crippen molar-refractivity contribution in [2.24, 2.45) is 0 Å². The molecule has 0 spiro atoms. The number of rotatable bonds is 3. The van der Waals surface area contributed by atoms with Crippen molar-refractivity contribution in [2.75, 3.05) is 10.2 Å². The monoisotopic (exact) mass is 352 g/mol. The third-order valence-electron chi connectivity index (χ3n) is 3.68. The molecule has 2 aromatic rings. The molecule has 0 unspecified atom stereocenters. The van der Waals surface area contributed by atoms with Gasteiger partial charge in [0.15, 0.2) is 0 Å². The second-order valence-corrected chi connectivity index (χ2v) is 5.55. The van der Waals surface area contributed by atoms with Crippen molar-refractivity contribution in [2.45, 2.75) is 6.54 Å². The van der Waals surface area contributed by atoms with E-state index in [2.05, 4.69) is 22.0 Å². The molecule has 0 aliphatic carbocycles. The first-order chi connectivity index (χ1) is 10.8. The van der Waals surface area contributed by atoms with E-state index in [0.717, 1.165) is 16.8 Å². The highest BCUT2D eigenvalue weighted by molar-refractivity contribution is 9.09. The standard InChI is InChI=1S/C18H13BrN2O/c19-10-14(11-20)17-15-8-4-5-9-16(15)21(18(17)22)12-13-6-2-1-3-7-13/h1-9H,10,12H2/b17-14+. The molecule has 0 saturated carbocycles. The molecule has 0 aromatic heterocycles. The molecule has 0 atom stereocenters. The van der Waals surface area contributed by atoms with Crippen LogP contribution in [-0.4, -0.2) is 11.2 Å². The van der Waals surface area contributed by atoms with Crippen LogP contribution in [0.5, 0.6) is 0 Å². The van der Waals surface area contributed by atoms with Gasteiger partial charge < -0.3 is 4.90 Å². The van der Waals surface area contributed by atoms with Crippen molar-refractivity contribution in [3.05, 3.63) is 71.3 Å². The average Bonchev–Trinajstić information content (AvgIpc) is 2.83. The van der Waals surface area contributed by atoms with E-state index in [9.17, 15) is 10.1 Å². The summed E-state index contributed by atoms with van der Waals surface area (Å²) in [5.41, 5.74) is 3.72. The first-order valence-corrected chi connectivity index (χ1v) is 8.03. The number of alkyl halides is 1. The molecule has 4 heteroatoms. The Morgan fingerprint density at radius 2 is 1.77 bits per heavy atom. The number of benzene rings is 2. The highest BCUT2D eigenvalue weighted by atomic mass is 79.9. The van der Waals surface area contributed by atoms with E-state index in [4.69, 9.17) is 0 Å². The Morgan fingerprint density at radius 3 is 2.45 bits per heavy atom. The number of halogens is 1. The smallest absolute Gasteiger partial charge is 0.260 e. The van der Waals surface area contributed by atoms with Gasteiger partial charge in [-0.2, -0.15) is 5.26 Å². The fraction of sp³-hybridized carbons (Fsp3) is 0.111. The third kappa shape index (κ3) is 2.44. The highest BCUT2D eigenvalue weighted by Gasteiger charge is 2.34. The van der Waals surface area contributed by atoms with Gasteiger partial charge in [-0.3, -0.25) is 4.79 Å². The summed E-state index contributed by atoms with van der Waals surface area (Å²) in [7, 11) is 0. The fourth-order valence-corrected chi connectivity index (χ4v) is 3.05. The molecule has 1 aliphatic heterocycles. The van der Waals surface area contributed by atoms with Crippen LogP contribution >= 0.6 is 15.9 Å². The van der Waals surface area contributed by atoms with Gasteiger partial charge in [-0.15, -0.1) is 0 Å². The van der Waals surface area contributed by atoms with Crippen LogP contribution in [-0.2, 0) is 11.3 Å². The molecule has 1 aliphatic rings. The molecule has 3 nitrogen and oxygen atoms in total. The van der Waals surface area contributed by atoms with E-state index < -0.39 is 0 Å². The third-order valence-corrected chi connectivity index (χ3v) is 4.24. The Bertz CT molecular complexity index is 790. The summed E-state index contributed by atoms with van der Waals surface area (Å²) < 4.78 is 0. The van der Waals surface area contributed by atoms with Crippen LogP contribution in [0, 0.1) is 11.3 Å². The molecule has 22 heavy (non-hydrogen) atoms. The lowest BCUT2D eigenvalue weighted by atomic mass is 10.0.